The molecular weight excluding hydrogens is 239 g/mol. The van der Waals surface area contributed by atoms with Gasteiger partial charge in [0.2, 0.25) is 0 Å². The van der Waals surface area contributed by atoms with E-state index in [4.69, 9.17) is 0 Å². The summed E-state index contributed by atoms with van der Waals surface area (Å²) >= 11 is 0. The van der Waals surface area contributed by atoms with Gasteiger partial charge in [-0.15, -0.1) is 0 Å². The molecule has 0 aliphatic heterocycles. The first kappa shape index (κ1) is 16.0. The van der Waals surface area contributed by atoms with Gasteiger partial charge in [-0.3, -0.25) is 0 Å². The summed E-state index contributed by atoms with van der Waals surface area (Å²) in [6.45, 7) is 10.2. The van der Waals surface area contributed by atoms with Gasteiger partial charge in [-0.1, -0.05) is 26.8 Å². The largest absolute Gasteiger partial charge is 0.370 e. The Hall–Kier alpha value is -1.09. The van der Waals surface area contributed by atoms with Gasteiger partial charge in [0.05, 0.1) is 5.69 Å². The average molecular weight is 266 g/mol. The first-order chi connectivity index (χ1) is 8.95. The van der Waals surface area contributed by atoms with Crippen LogP contribution in [0.4, 0.5) is 10.1 Å². The van der Waals surface area contributed by atoms with Gasteiger partial charge >= 0.3 is 0 Å². The maximum atomic E-state index is 14.1. The van der Waals surface area contributed by atoms with Crippen LogP contribution >= 0.6 is 0 Å². The number of benzene rings is 1. The summed E-state index contributed by atoms with van der Waals surface area (Å²) in [4.78, 5) is 2.00. The van der Waals surface area contributed by atoms with E-state index >= 15 is 0 Å². The number of hydrogen-bond acceptors (Lipinski definition) is 2. The topological polar surface area (TPSA) is 15.3 Å². The zero-order valence-electron chi connectivity index (χ0n) is 12.8. The van der Waals surface area contributed by atoms with Crippen LogP contribution < -0.4 is 10.2 Å². The first-order valence-electron chi connectivity index (χ1n) is 7.17. The van der Waals surface area contributed by atoms with Crippen molar-refractivity contribution in [2.24, 2.45) is 5.92 Å². The zero-order chi connectivity index (χ0) is 14.4. The van der Waals surface area contributed by atoms with Gasteiger partial charge in [0.1, 0.15) is 5.82 Å². The molecule has 0 spiro atoms. The summed E-state index contributed by atoms with van der Waals surface area (Å²) < 4.78 is 14.1. The van der Waals surface area contributed by atoms with Crippen molar-refractivity contribution < 1.29 is 4.39 Å². The molecule has 0 fully saturated rings. The van der Waals surface area contributed by atoms with Crippen molar-refractivity contribution in [1.82, 2.24) is 5.32 Å². The lowest BCUT2D eigenvalue weighted by Gasteiger charge is -2.26. The van der Waals surface area contributed by atoms with Crippen molar-refractivity contribution in [2.75, 3.05) is 18.5 Å². The highest BCUT2D eigenvalue weighted by Crippen LogP contribution is 2.22. The number of anilines is 1. The Labute approximate surface area is 117 Å². The predicted octanol–water partition coefficient (Wildman–Crippen LogP) is 3.81. The lowest BCUT2D eigenvalue weighted by molar-refractivity contribution is 0.549. The molecule has 1 unspecified atom stereocenters. The molecule has 0 amide bonds. The van der Waals surface area contributed by atoms with E-state index in [0.29, 0.717) is 17.6 Å². The maximum absolute atomic E-state index is 14.1. The number of halogens is 1. The van der Waals surface area contributed by atoms with Crippen LogP contribution in [0.15, 0.2) is 18.2 Å². The molecule has 0 aromatic heterocycles. The minimum Gasteiger partial charge on any atom is -0.370 e. The first-order valence-corrected chi connectivity index (χ1v) is 7.17. The third-order valence-corrected chi connectivity index (χ3v) is 3.53. The van der Waals surface area contributed by atoms with Crippen molar-refractivity contribution in [2.45, 2.75) is 46.7 Å². The molecule has 1 atom stereocenters. The summed E-state index contributed by atoms with van der Waals surface area (Å²) in [5.41, 5.74) is 1.68. The molecule has 19 heavy (non-hydrogen) atoms. The highest BCUT2D eigenvalue weighted by atomic mass is 19.1. The molecular formula is C16H27FN2. The summed E-state index contributed by atoms with van der Waals surface area (Å²) in [7, 11) is 1.95. The molecule has 1 aromatic rings. The Bertz CT molecular complexity index is 390. The maximum Gasteiger partial charge on any atom is 0.146 e. The number of nitrogens with zero attached hydrogens (tertiary/aromatic N) is 1. The Morgan fingerprint density at radius 2 is 1.95 bits per heavy atom. The summed E-state index contributed by atoms with van der Waals surface area (Å²) in [5, 5.41) is 3.33. The van der Waals surface area contributed by atoms with Gasteiger partial charge in [0.15, 0.2) is 0 Å². The van der Waals surface area contributed by atoms with Crippen molar-refractivity contribution in [1.29, 1.82) is 0 Å². The molecule has 0 saturated heterocycles. The fourth-order valence-corrected chi connectivity index (χ4v) is 1.96. The van der Waals surface area contributed by atoms with Gasteiger partial charge in [-0.2, -0.15) is 0 Å². The van der Waals surface area contributed by atoms with Gasteiger partial charge < -0.3 is 10.2 Å². The van der Waals surface area contributed by atoms with E-state index in [9.17, 15) is 4.39 Å². The summed E-state index contributed by atoms with van der Waals surface area (Å²) in [5.74, 6) is 0.479. The average Bonchev–Trinajstić information content (AvgIpc) is 2.36. The molecule has 108 valence electrons. The third kappa shape index (κ3) is 4.83. The van der Waals surface area contributed by atoms with Gasteiger partial charge in [0, 0.05) is 19.6 Å². The molecule has 0 aliphatic carbocycles. The SMILES string of the molecule is CCC(C)N(C)c1ccc(CNCC(C)C)cc1F. The van der Waals surface area contributed by atoms with E-state index in [0.717, 1.165) is 25.1 Å². The molecule has 1 N–H and O–H groups in total. The number of nitrogens with one attached hydrogen (secondary N) is 1. The molecule has 1 aromatic carbocycles. The highest BCUT2D eigenvalue weighted by Gasteiger charge is 2.12. The molecule has 1 rings (SSSR count). The van der Waals surface area contributed by atoms with E-state index in [2.05, 4.69) is 33.0 Å². The summed E-state index contributed by atoms with van der Waals surface area (Å²) in [6, 6.07) is 5.87. The van der Waals surface area contributed by atoms with Crippen molar-refractivity contribution in [3.05, 3.63) is 29.6 Å². The smallest absolute Gasteiger partial charge is 0.146 e. The van der Waals surface area contributed by atoms with Gasteiger partial charge in [-0.25, -0.2) is 4.39 Å². The van der Waals surface area contributed by atoms with E-state index < -0.39 is 0 Å². The molecule has 3 heteroatoms. The highest BCUT2D eigenvalue weighted by molar-refractivity contribution is 5.49. The minimum absolute atomic E-state index is 0.133. The van der Waals surface area contributed by atoms with Crippen LogP contribution in [0.5, 0.6) is 0 Å². The Kier molecular flexibility index (Phi) is 6.29. The summed E-state index contributed by atoms with van der Waals surface area (Å²) in [6.07, 6.45) is 1.01. The molecule has 0 saturated carbocycles. The monoisotopic (exact) mass is 266 g/mol. The van der Waals surface area contributed by atoms with Gasteiger partial charge in [0.25, 0.3) is 0 Å². The van der Waals surface area contributed by atoms with Crippen molar-refractivity contribution in [3.63, 3.8) is 0 Å². The predicted molar refractivity (Wildman–Crippen MR) is 81.1 cm³/mol. The van der Waals surface area contributed by atoms with Crippen LogP contribution in [0.3, 0.4) is 0 Å². The Morgan fingerprint density at radius 1 is 1.26 bits per heavy atom. The molecule has 0 radical (unpaired) electrons. The zero-order valence-corrected chi connectivity index (χ0v) is 12.8. The van der Waals surface area contributed by atoms with E-state index in [-0.39, 0.29) is 5.82 Å². The standard InChI is InChI=1S/C16H27FN2/c1-6-13(4)19(5)16-8-7-14(9-15(16)17)11-18-10-12(2)3/h7-9,12-13,18H,6,10-11H2,1-5H3. The van der Waals surface area contributed by atoms with Crippen LogP contribution in [-0.4, -0.2) is 19.6 Å². The number of hydrogen-bond donors (Lipinski definition) is 1. The normalized spacial score (nSPS) is 12.8. The molecule has 2 nitrogen and oxygen atoms in total. The fourth-order valence-electron chi connectivity index (χ4n) is 1.96. The second kappa shape index (κ2) is 7.49. The van der Waals surface area contributed by atoms with Crippen LogP contribution in [-0.2, 0) is 6.54 Å². The Balaban J connectivity index is 2.69. The Morgan fingerprint density at radius 3 is 2.47 bits per heavy atom. The van der Waals surface area contributed by atoms with Crippen LogP contribution in [0, 0.1) is 11.7 Å². The van der Waals surface area contributed by atoms with E-state index in [1.807, 2.05) is 24.1 Å². The lowest BCUT2D eigenvalue weighted by atomic mass is 10.1. The van der Waals surface area contributed by atoms with Crippen LogP contribution in [0.2, 0.25) is 0 Å². The fraction of sp³-hybridized carbons (Fsp3) is 0.625. The van der Waals surface area contributed by atoms with Crippen LogP contribution in [0.1, 0.15) is 39.7 Å². The quantitative estimate of drug-likeness (QED) is 0.807. The van der Waals surface area contributed by atoms with Gasteiger partial charge in [-0.05, 0) is 43.5 Å². The molecule has 0 aliphatic rings. The second-order valence-electron chi connectivity index (χ2n) is 5.68. The van der Waals surface area contributed by atoms with Crippen molar-refractivity contribution in [3.8, 4) is 0 Å². The second-order valence-corrected chi connectivity index (χ2v) is 5.68. The van der Waals surface area contributed by atoms with Crippen LogP contribution in [0.25, 0.3) is 0 Å². The lowest BCUT2D eigenvalue weighted by Crippen LogP contribution is -2.28. The third-order valence-electron chi connectivity index (χ3n) is 3.53. The number of rotatable bonds is 7. The van der Waals surface area contributed by atoms with E-state index in [1.54, 1.807) is 6.07 Å². The van der Waals surface area contributed by atoms with E-state index in [1.165, 1.54) is 0 Å². The molecule has 0 bridgehead atoms. The minimum atomic E-state index is -0.133. The molecule has 0 heterocycles. The van der Waals surface area contributed by atoms with Crippen molar-refractivity contribution >= 4 is 5.69 Å².